The van der Waals surface area contributed by atoms with Gasteiger partial charge in [-0.15, -0.1) is 0 Å². The SMILES string of the molecule is CC(C)(C)c1cccnc1Oc1ccccc1F. The number of pyridine rings is 1. The number of nitrogens with zero attached hydrogens (tertiary/aromatic N) is 1. The highest BCUT2D eigenvalue weighted by molar-refractivity contribution is 5.36. The van der Waals surface area contributed by atoms with E-state index in [0.717, 1.165) is 5.56 Å². The van der Waals surface area contributed by atoms with Gasteiger partial charge in [0.1, 0.15) is 0 Å². The van der Waals surface area contributed by atoms with E-state index in [1.54, 1.807) is 24.4 Å². The van der Waals surface area contributed by atoms with Crippen LogP contribution in [0.4, 0.5) is 4.39 Å². The quantitative estimate of drug-likeness (QED) is 0.786. The Morgan fingerprint density at radius 3 is 2.44 bits per heavy atom. The van der Waals surface area contributed by atoms with Crippen molar-refractivity contribution in [3.63, 3.8) is 0 Å². The largest absolute Gasteiger partial charge is 0.436 e. The lowest BCUT2D eigenvalue weighted by atomic mass is 9.88. The van der Waals surface area contributed by atoms with Crippen molar-refractivity contribution in [3.05, 3.63) is 54.0 Å². The predicted octanol–water partition coefficient (Wildman–Crippen LogP) is 4.31. The summed E-state index contributed by atoms with van der Waals surface area (Å²) in [5.41, 5.74) is 0.850. The second-order valence-corrected chi connectivity index (χ2v) is 5.14. The molecule has 3 heteroatoms. The molecular weight excluding hydrogens is 229 g/mol. The monoisotopic (exact) mass is 245 g/mol. The molecule has 0 spiro atoms. The van der Waals surface area contributed by atoms with E-state index in [4.69, 9.17) is 4.74 Å². The average molecular weight is 245 g/mol. The van der Waals surface area contributed by atoms with Crippen LogP contribution >= 0.6 is 0 Å². The Bertz CT molecular complexity index is 546. The van der Waals surface area contributed by atoms with Crippen molar-refractivity contribution in [1.29, 1.82) is 0 Å². The number of hydrogen-bond donors (Lipinski definition) is 0. The number of rotatable bonds is 2. The second kappa shape index (κ2) is 4.77. The fourth-order valence-electron chi connectivity index (χ4n) is 1.67. The molecule has 0 radical (unpaired) electrons. The van der Waals surface area contributed by atoms with E-state index in [-0.39, 0.29) is 17.0 Å². The molecule has 18 heavy (non-hydrogen) atoms. The molecule has 1 aromatic heterocycles. The number of ether oxygens (including phenoxy) is 1. The molecule has 2 rings (SSSR count). The lowest BCUT2D eigenvalue weighted by Gasteiger charge is -2.21. The number of halogens is 1. The molecule has 0 N–H and O–H groups in total. The smallest absolute Gasteiger partial charge is 0.223 e. The lowest BCUT2D eigenvalue weighted by molar-refractivity contribution is 0.409. The van der Waals surface area contributed by atoms with Gasteiger partial charge in [-0.3, -0.25) is 0 Å². The standard InChI is InChI=1S/C15H16FNO/c1-15(2,3)11-7-6-10-17-14(11)18-13-9-5-4-8-12(13)16/h4-10H,1-3H3. The van der Waals surface area contributed by atoms with E-state index in [1.165, 1.54) is 6.07 Å². The highest BCUT2D eigenvalue weighted by Gasteiger charge is 2.20. The molecule has 0 aliphatic rings. The Kier molecular flexibility index (Phi) is 3.32. The van der Waals surface area contributed by atoms with Crippen molar-refractivity contribution in [3.8, 4) is 11.6 Å². The molecule has 0 aliphatic carbocycles. The molecule has 1 aromatic carbocycles. The fourth-order valence-corrected chi connectivity index (χ4v) is 1.67. The van der Waals surface area contributed by atoms with Gasteiger partial charge in [0.2, 0.25) is 5.88 Å². The zero-order chi connectivity index (χ0) is 13.2. The lowest BCUT2D eigenvalue weighted by Crippen LogP contribution is -2.13. The van der Waals surface area contributed by atoms with Gasteiger partial charge in [0.15, 0.2) is 11.6 Å². The van der Waals surface area contributed by atoms with Gasteiger partial charge in [0.05, 0.1) is 0 Å². The van der Waals surface area contributed by atoms with Crippen LogP contribution in [-0.4, -0.2) is 4.98 Å². The Labute approximate surface area is 106 Å². The zero-order valence-corrected chi connectivity index (χ0v) is 10.8. The highest BCUT2D eigenvalue weighted by Crippen LogP contribution is 2.32. The highest BCUT2D eigenvalue weighted by atomic mass is 19.1. The molecule has 0 amide bonds. The minimum atomic E-state index is -0.386. The Morgan fingerprint density at radius 1 is 1.06 bits per heavy atom. The summed E-state index contributed by atoms with van der Waals surface area (Å²) >= 11 is 0. The number of benzene rings is 1. The Hall–Kier alpha value is -1.90. The van der Waals surface area contributed by atoms with Crippen LogP contribution in [0.3, 0.4) is 0 Å². The summed E-state index contributed by atoms with van der Waals surface area (Å²) in [4.78, 5) is 4.19. The molecule has 1 heterocycles. The van der Waals surface area contributed by atoms with Crippen molar-refractivity contribution < 1.29 is 9.13 Å². The van der Waals surface area contributed by atoms with Crippen LogP contribution in [-0.2, 0) is 5.41 Å². The summed E-state index contributed by atoms with van der Waals surface area (Å²) in [5.74, 6) is 0.264. The van der Waals surface area contributed by atoms with E-state index in [0.29, 0.717) is 5.88 Å². The molecule has 2 nitrogen and oxygen atoms in total. The van der Waals surface area contributed by atoms with Gasteiger partial charge in [-0.25, -0.2) is 9.37 Å². The van der Waals surface area contributed by atoms with Crippen LogP contribution < -0.4 is 4.74 Å². The fraction of sp³-hybridized carbons (Fsp3) is 0.267. The van der Waals surface area contributed by atoms with Crippen molar-refractivity contribution in [2.24, 2.45) is 0 Å². The van der Waals surface area contributed by atoms with E-state index >= 15 is 0 Å². The topological polar surface area (TPSA) is 22.1 Å². The van der Waals surface area contributed by atoms with Crippen LogP contribution in [0, 0.1) is 5.82 Å². The summed E-state index contributed by atoms with van der Waals surface area (Å²) < 4.78 is 19.1. The van der Waals surface area contributed by atoms with Crippen LogP contribution in [0.2, 0.25) is 0 Å². The van der Waals surface area contributed by atoms with E-state index in [9.17, 15) is 4.39 Å². The van der Waals surface area contributed by atoms with Gasteiger partial charge < -0.3 is 4.74 Å². The van der Waals surface area contributed by atoms with E-state index in [1.807, 2.05) is 12.1 Å². The first-order chi connectivity index (χ1) is 8.48. The zero-order valence-electron chi connectivity index (χ0n) is 10.8. The van der Waals surface area contributed by atoms with Gasteiger partial charge in [0, 0.05) is 11.8 Å². The van der Waals surface area contributed by atoms with Crippen LogP contribution in [0.5, 0.6) is 11.6 Å². The minimum absolute atomic E-state index is 0.102. The molecule has 0 bridgehead atoms. The number of aromatic nitrogens is 1. The first-order valence-electron chi connectivity index (χ1n) is 5.86. The molecule has 2 aromatic rings. The summed E-state index contributed by atoms with van der Waals surface area (Å²) in [7, 11) is 0. The molecule has 94 valence electrons. The third-order valence-electron chi connectivity index (χ3n) is 2.62. The number of para-hydroxylation sites is 1. The summed E-state index contributed by atoms with van der Waals surface area (Å²) in [6, 6.07) is 10.1. The first-order valence-corrected chi connectivity index (χ1v) is 5.86. The van der Waals surface area contributed by atoms with Gasteiger partial charge in [-0.05, 0) is 23.6 Å². The van der Waals surface area contributed by atoms with Crippen molar-refractivity contribution in [1.82, 2.24) is 4.98 Å². The Morgan fingerprint density at radius 2 is 1.78 bits per heavy atom. The van der Waals surface area contributed by atoms with Crippen LogP contribution in [0.25, 0.3) is 0 Å². The number of hydrogen-bond acceptors (Lipinski definition) is 2. The molecule has 0 fully saturated rings. The van der Waals surface area contributed by atoms with Gasteiger partial charge in [0.25, 0.3) is 0 Å². The van der Waals surface area contributed by atoms with Crippen molar-refractivity contribution in [2.75, 3.05) is 0 Å². The molecule has 0 aliphatic heterocycles. The van der Waals surface area contributed by atoms with Gasteiger partial charge in [-0.2, -0.15) is 0 Å². The molecular formula is C15H16FNO. The summed E-state index contributed by atoms with van der Waals surface area (Å²) in [6.45, 7) is 6.20. The second-order valence-electron chi connectivity index (χ2n) is 5.14. The average Bonchev–Trinajstić information content (AvgIpc) is 2.31. The van der Waals surface area contributed by atoms with Gasteiger partial charge in [-0.1, -0.05) is 39.0 Å². The maximum absolute atomic E-state index is 13.6. The minimum Gasteiger partial charge on any atom is -0.436 e. The van der Waals surface area contributed by atoms with Crippen molar-refractivity contribution >= 4 is 0 Å². The van der Waals surface area contributed by atoms with Crippen molar-refractivity contribution in [2.45, 2.75) is 26.2 Å². The molecule has 0 saturated carbocycles. The maximum atomic E-state index is 13.6. The van der Waals surface area contributed by atoms with Crippen LogP contribution in [0.1, 0.15) is 26.3 Å². The molecule has 0 atom stereocenters. The summed E-state index contributed by atoms with van der Waals surface area (Å²) in [6.07, 6.45) is 1.64. The predicted molar refractivity (Wildman–Crippen MR) is 69.4 cm³/mol. The van der Waals surface area contributed by atoms with Gasteiger partial charge >= 0.3 is 0 Å². The summed E-state index contributed by atoms with van der Waals surface area (Å²) in [5, 5.41) is 0. The molecule has 0 saturated heterocycles. The van der Waals surface area contributed by atoms with E-state index in [2.05, 4.69) is 25.8 Å². The normalized spacial score (nSPS) is 11.3. The molecule has 0 unspecified atom stereocenters. The third-order valence-corrected chi connectivity index (χ3v) is 2.62. The first kappa shape index (κ1) is 12.6. The van der Waals surface area contributed by atoms with E-state index < -0.39 is 0 Å². The Balaban J connectivity index is 2.39. The maximum Gasteiger partial charge on any atom is 0.223 e. The van der Waals surface area contributed by atoms with Crippen LogP contribution in [0.15, 0.2) is 42.6 Å². The third kappa shape index (κ3) is 2.67.